The minimum absolute atomic E-state index is 0.0869. The molecule has 0 radical (unpaired) electrons. The predicted octanol–water partition coefficient (Wildman–Crippen LogP) is 0.563. The second-order valence-electron chi connectivity index (χ2n) is 4.34. The number of aliphatic hydroxyl groups excluding tert-OH is 1. The molecule has 2 rings (SSSR count). The van der Waals surface area contributed by atoms with Crippen LogP contribution in [0.25, 0.3) is 0 Å². The number of hydrogen-bond acceptors (Lipinski definition) is 2. The number of likely N-dealkylation sites (tertiary alicyclic amines) is 1. The van der Waals surface area contributed by atoms with E-state index >= 15 is 0 Å². The number of amides is 2. The molecule has 1 saturated carbocycles. The second-order valence-corrected chi connectivity index (χ2v) is 4.34. The summed E-state index contributed by atoms with van der Waals surface area (Å²) in [7, 11) is 0. The van der Waals surface area contributed by atoms with Crippen LogP contribution in [0.4, 0.5) is 4.79 Å². The number of nitrogens with one attached hydrogen (secondary N) is 1. The zero-order valence-corrected chi connectivity index (χ0v) is 8.41. The van der Waals surface area contributed by atoms with Crippen LogP contribution < -0.4 is 5.32 Å². The zero-order valence-electron chi connectivity index (χ0n) is 8.41. The Balaban J connectivity index is 1.73. The van der Waals surface area contributed by atoms with Crippen LogP contribution in [-0.2, 0) is 0 Å². The predicted molar refractivity (Wildman–Crippen MR) is 52.9 cm³/mol. The molecule has 0 aromatic heterocycles. The lowest BCUT2D eigenvalue weighted by atomic mass is 9.98. The molecular formula is C10H18N2O2. The van der Waals surface area contributed by atoms with Crippen LogP contribution >= 0.6 is 0 Å². The van der Waals surface area contributed by atoms with E-state index < -0.39 is 0 Å². The van der Waals surface area contributed by atoms with Crippen LogP contribution in [0.15, 0.2) is 0 Å². The molecule has 4 nitrogen and oxygen atoms in total. The van der Waals surface area contributed by atoms with E-state index in [0.717, 1.165) is 38.8 Å². The van der Waals surface area contributed by atoms with Gasteiger partial charge in [0.15, 0.2) is 0 Å². The molecule has 4 heteroatoms. The largest absolute Gasteiger partial charge is 0.396 e. The van der Waals surface area contributed by atoms with Crippen molar-refractivity contribution in [1.82, 2.24) is 10.2 Å². The standard InChI is InChI=1S/C10H18N2O2/c13-7-8-3-5-12(6-4-8)10(14)11-9-1-2-9/h8-9,13H,1-7H2,(H,11,14). The topological polar surface area (TPSA) is 52.6 Å². The SMILES string of the molecule is O=C(NC1CC1)N1CCC(CO)CC1. The summed E-state index contributed by atoms with van der Waals surface area (Å²) in [6.07, 6.45) is 4.15. The third kappa shape index (κ3) is 2.38. The van der Waals surface area contributed by atoms with Crippen LogP contribution in [0.3, 0.4) is 0 Å². The number of carbonyl (C=O) groups excluding carboxylic acids is 1. The fraction of sp³-hybridized carbons (Fsp3) is 0.900. The maximum Gasteiger partial charge on any atom is 0.317 e. The highest BCUT2D eigenvalue weighted by atomic mass is 16.3. The molecule has 1 aliphatic heterocycles. The first-order valence-electron chi connectivity index (χ1n) is 5.46. The number of aliphatic hydroxyl groups is 1. The molecular weight excluding hydrogens is 180 g/mol. The van der Waals surface area contributed by atoms with Crippen LogP contribution in [0.5, 0.6) is 0 Å². The molecule has 14 heavy (non-hydrogen) atoms. The molecule has 2 N–H and O–H groups in total. The molecule has 0 atom stereocenters. The molecule has 80 valence electrons. The van der Waals surface area contributed by atoms with Crippen LogP contribution in [-0.4, -0.2) is 41.8 Å². The van der Waals surface area contributed by atoms with Gasteiger partial charge in [-0.15, -0.1) is 0 Å². The van der Waals surface area contributed by atoms with Crippen molar-refractivity contribution in [1.29, 1.82) is 0 Å². The van der Waals surface area contributed by atoms with Crippen molar-refractivity contribution in [3.63, 3.8) is 0 Å². The number of urea groups is 1. The quantitative estimate of drug-likeness (QED) is 0.681. The average molecular weight is 198 g/mol. The van der Waals surface area contributed by atoms with Gasteiger partial charge in [-0.05, 0) is 31.6 Å². The van der Waals surface area contributed by atoms with Crippen molar-refractivity contribution in [2.75, 3.05) is 19.7 Å². The average Bonchev–Trinajstić information content (AvgIpc) is 3.02. The van der Waals surface area contributed by atoms with E-state index in [-0.39, 0.29) is 12.6 Å². The summed E-state index contributed by atoms with van der Waals surface area (Å²) < 4.78 is 0. The van der Waals surface area contributed by atoms with E-state index in [1.807, 2.05) is 4.90 Å². The third-order valence-corrected chi connectivity index (χ3v) is 3.06. The lowest BCUT2D eigenvalue weighted by Gasteiger charge is -2.31. The molecule has 0 aromatic carbocycles. The van der Waals surface area contributed by atoms with Gasteiger partial charge in [-0.25, -0.2) is 4.79 Å². The smallest absolute Gasteiger partial charge is 0.317 e. The molecule has 1 saturated heterocycles. The number of hydrogen-bond donors (Lipinski definition) is 2. The van der Waals surface area contributed by atoms with Gasteiger partial charge in [0.1, 0.15) is 0 Å². The van der Waals surface area contributed by atoms with Crippen molar-refractivity contribution >= 4 is 6.03 Å². The highest BCUT2D eigenvalue weighted by Gasteiger charge is 2.27. The zero-order chi connectivity index (χ0) is 9.97. The van der Waals surface area contributed by atoms with Crippen molar-refractivity contribution in [2.45, 2.75) is 31.7 Å². The molecule has 2 fully saturated rings. The Kier molecular flexibility index (Phi) is 2.91. The van der Waals surface area contributed by atoms with Gasteiger partial charge < -0.3 is 15.3 Å². The normalized spacial score (nSPS) is 23.6. The van der Waals surface area contributed by atoms with Gasteiger partial charge in [-0.2, -0.15) is 0 Å². The van der Waals surface area contributed by atoms with Gasteiger partial charge in [0.25, 0.3) is 0 Å². The summed E-state index contributed by atoms with van der Waals surface area (Å²) in [6, 6.07) is 0.530. The van der Waals surface area contributed by atoms with E-state index in [2.05, 4.69) is 5.32 Å². The Labute approximate surface area is 84.3 Å². The first kappa shape index (κ1) is 9.77. The Hall–Kier alpha value is -0.770. The summed E-state index contributed by atoms with van der Waals surface area (Å²) >= 11 is 0. The van der Waals surface area contributed by atoms with Crippen molar-refractivity contribution < 1.29 is 9.90 Å². The second kappa shape index (κ2) is 4.17. The molecule has 1 heterocycles. The van der Waals surface area contributed by atoms with E-state index in [0.29, 0.717) is 12.0 Å². The number of carbonyl (C=O) groups is 1. The maximum atomic E-state index is 11.6. The van der Waals surface area contributed by atoms with Gasteiger partial charge in [0, 0.05) is 25.7 Å². The van der Waals surface area contributed by atoms with E-state index in [1.54, 1.807) is 0 Å². The molecule has 0 spiro atoms. The lowest BCUT2D eigenvalue weighted by Crippen LogP contribution is -2.45. The lowest BCUT2D eigenvalue weighted by molar-refractivity contribution is 0.137. The van der Waals surface area contributed by atoms with Gasteiger partial charge >= 0.3 is 6.03 Å². The number of nitrogens with zero attached hydrogens (tertiary/aromatic N) is 1. The first-order valence-corrected chi connectivity index (χ1v) is 5.46. The minimum Gasteiger partial charge on any atom is -0.396 e. The minimum atomic E-state index is 0.0869. The molecule has 2 aliphatic rings. The summed E-state index contributed by atoms with van der Waals surface area (Å²) in [4.78, 5) is 13.5. The summed E-state index contributed by atoms with van der Waals surface area (Å²) in [5.74, 6) is 0.403. The maximum absolute atomic E-state index is 11.6. The van der Waals surface area contributed by atoms with Crippen LogP contribution in [0.2, 0.25) is 0 Å². The van der Waals surface area contributed by atoms with Crippen molar-refractivity contribution in [2.24, 2.45) is 5.92 Å². The number of rotatable bonds is 2. The monoisotopic (exact) mass is 198 g/mol. The van der Waals surface area contributed by atoms with Crippen molar-refractivity contribution in [3.05, 3.63) is 0 Å². The molecule has 0 aromatic rings. The molecule has 0 bridgehead atoms. The molecule has 1 aliphatic carbocycles. The fourth-order valence-corrected chi connectivity index (χ4v) is 1.81. The van der Waals surface area contributed by atoms with Crippen LogP contribution in [0.1, 0.15) is 25.7 Å². The Bertz CT molecular complexity index is 208. The summed E-state index contributed by atoms with van der Waals surface area (Å²) in [5, 5.41) is 11.9. The Morgan fingerprint density at radius 2 is 1.93 bits per heavy atom. The Morgan fingerprint density at radius 1 is 1.29 bits per heavy atom. The molecule has 0 unspecified atom stereocenters. The van der Waals surface area contributed by atoms with Crippen molar-refractivity contribution in [3.8, 4) is 0 Å². The third-order valence-electron chi connectivity index (χ3n) is 3.06. The van der Waals surface area contributed by atoms with Gasteiger partial charge in [0.05, 0.1) is 0 Å². The summed E-state index contributed by atoms with van der Waals surface area (Å²) in [6.45, 7) is 1.85. The fourth-order valence-electron chi connectivity index (χ4n) is 1.81. The van der Waals surface area contributed by atoms with Gasteiger partial charge in [-0.1, -0.05) is 0 Å². The molecule has 2 amide bonds. The number of piperidine rings is 1. The highest BCUT2D eigenvalue weighted by Crippen LogP contribution is 2.20. The highest BCUT2D eigenvalue weighted by molar-refractivity contribution is 5.74. The Morgan fingerprint density at radius 3 is 2.43 bits per heavy atom. The summed E-state index contributed by atoms with van der Waals surface area (Å²) in [5.41, 5.74) is 0. The van der Waals surface area contributed by atoms with E-state index in [9.17, 15) is 4.79 Å². The van der Waals surface area contributed by atoms with Crippen LogP contribution in [0, 0.1) is 5.92 Å². The van der Waals surface area contributed by atoms with Gasteiger partial charge in [0.2, 0.25) is 0 Å². The van der Waals surface area contributed by atoms with E-state index in [4.69, 9.17) is 5.11 Å². The van der Waals surface area contributed by atoms with Gasteiger partial charge in [-0.3, -0.25) is 0 Å². The van der Waals surface area contributed by atoms with E-state index in [1.165, 1.54) is 0 Å². The first-order chi connectivity index (χ1) is 6.79.